The Bertz CT molecular complexity index is 692. The fraction of sp³-hybridized carbons (Fsp3) is 0.600. The maximum atomic E-state index is 5.46. The van der Waals surface area contributed by atoms with Gasteiger partial charge in [-0.25, -0.2) is 4.98 Å². The molecule has 1 aliphatic rings. The Hall–Kier alpha value is -1.16. The Labute approximate surface area is 119 Å². The monoisotopic (exact) mass is 275 g/mol. The molecule has 1 N–H and O–H groups in total. The summed E-state index contributed by atoms with van der Waals surface area (Å²) in [6.07, 6.45) is 1.91. The first-order valence-corrected chi connectivity index (χ1v) is 7.21. The highest BCUT2D eigenvalue weighted by Gasteiger charge is 2.64. The fourth-order valence-corrected chi connectivity index (χ4v) is 3.56. The van der Waals surface area contributed by atoms with Crippen LogP contribution in [0, 0.1) is 28.4 Å². The van der Waals surface area contributed by atoms with Crippen LogP contribution >= 0.6 is 12.2 Å². The minimum Gasteiger partial charge on any atom is -0.329 e. The molecule has 4 heteroatoms. The van der Waals surface area contributed by atoms with Crippen molar-refractivity contribution in [1.82, 2.24) is 14.5 Å². The fourth-order valence-electron chi connectivity index (χ4n) is 3.29. The lowest BCUT2D eigenvalue weighted by molar-refractivity contribution is 0.457. The third-order valence-corrected chi connectivity index (χ3v) is 5.75. The molecule has 3 nitrogen and oxygen atoms in total. The average molecular weight is 275 g/mol. The lowest BCUT2D eigenvalue weighted by Crippen LogP contribution is -2.05. The summed E-state index contributed by atoms with van der Waals surface area (Å²) in [4.78, 5) is 7.81. The van der Waals surface area contributed by atoms with E-state index in [9.17, 15) is 0 Å². The Morgan fingerprint density at radius 2 is 1.95 bits per heavy atom. The molecule has 3 rings (SSSR count). The Kier molecular flexibility index (Phi) is 2.50. The Balaban J connectivity index is 2.03. The van der Waals surface area contributed by atoms with E-state index >= 15 is 0 Å². The molecule has 0 spiro atoms. The largest absolute Gasteiger partial charge is 0.329 e. The lowest BCUT2D eigenvalue weighted by atomic mass is 10.0. The zero-order valence-corrected chi connectivity index (χ0v) is 13.1. The first-order valence-electron chi connectivity index (χ1n) is 6.80. The van der Waals surface area contributed by atoms with Gasteiger partial charge in [-0.3, -0.25) is 0 Å². The van der Waals surface area contributed by atoms with E-state index < -0.39 is 0 Å². The number of hydrogen-bond donors (Lipinski definition) is 1. The van der Waals surface area contributed by atoms with Gasteiger partial charge in [0.1, 0.15) is 0 Å². The van der Waals surface area contributed by atoms with Gasteiger partial charge in [0.15, 0.2) is 10.4 Å². The first-order chi connectivity index (χ1) is 8.75. The van der Waals surface area contributed by atoms with Crippen molar-refractivity contribution in [3.63, 3.8) is 0 Å². The van der Waals surface area contributed by atoms with Crippen molar-refractivity contribution < 1.29 is 0 Å². The van der Waals surface area contributed by atoms with E-state index in [0.717, 1.165) is 28.0 Å². The van der Waals surface area contributed by atoms with Gasteiger partial charge in [-0.1, -0.05) is 27.7 Å². The van der Waals surface area contributed by atoms with Crippen LogP contribution in [0.1, 0.15) is 33.3 Å². The van der Waals surface area contributed by atoms with Crippen LogP contribution in [0.25, 0.3) is 11.2 Å². The standard InChI is InChI=1S/C15H21N3S/c1-9-6-10-12(16-7-9)18(13(19)17-10)8-11-14(2,3)15(11,4)5/h6-7,11H,8H2,1-5H3,(H,17,19). The summed E-state index contributed by atoms with van der Waals surface area (Å²) < 4.78 is 2.94. The molecule has 19 heavy (non-hydrogen) atoms. The molecular weight excluding hydrogens is 254 g/mol. The summed E-state index contributed by atoms with van der Waals surface area (Å²) in [6.45, 7) is 12.4. The molecule has 2 aromatic heterocycles. The summed E-state index contributed by atoms with van der Waals surface area (Å²) in [6, 6.07) is 2.11. The number of aromatic amines is 1. The molecule has 0 unspecified atom stereocenters. The van der Waals surface area contributed by atoms with Gasteiger partial charge in [0.2, 0.25) is 0 Å². The maximum Gasteiger partial charge on any atom is 0.179 e. The minimum absolute atomic E-state index is 0.371. The van der Waals surface area contributed by atoms with Crippen LogP contribution in [-0.2, 0) is 6.54 Å². The SMILES string of the molecule is Cc1cnc2c(c1)[nH]c(=S)n2CC1C(C)(C)C1(C)C. The summed E-state index contributed by atoms with van der Waals surface area (Å²) >= 11 is 5.46. The van der Waals surface area contributed by atoms with Crippen LogP contribution in [0.2, 0.25) is 0 Å². The average Bonchev–Trinajstić information content (AvgIpc) is 2.57. The quantitative estimate of drug-likeness (QED) is 0.838. The van der Waals surface area contributed by atoms with E-state index in [2.05, 4.69) is 48.3 Å². The molecule has 0 atom stereocenters. The summed E-state index contributed by atoms with van der Waals surface area (Å²) in [5, 5.41) is 0. The van der Waals surface area contributed by atoms with Crippen molar-refractivity contribution in [1.29, 1.82) is 0 Å². The van der Waals surface area contributed by atoms with Gasteiger partial charge >= 0.3 is 0 Å². The van der Waals surface area contributed by atoms with Crippen molar-refractivity contribution in [2.45, 2.75) is 41.2 Å². The van der Waals surface area contributed by atoms with Gasteiger partial charge in [-0.05, 0) is 47.5 Å². The molecule has 1 saturated carbocycles. The number of fused-ring (bicyclic) bond motifs is 1. The van der Waals surface area contributed by atoms with Crippen molar-refractivity contribution in [2.24, 2.45) is 16.7 Å². The number of nitrogens with zero attached hydrogens (tertiary/aromatic N) is 2. The second-order valence-corrected chi connectivity index (χ2v) is 7.31. The molecule has 0 radical (unpaired) electrons. The molecule has 2 heterocycles. The highest BCUT2D eigenvalue weighted by Crippen LogP contribution is 2.68. The van der Waals surface area contributed by atoms with Gasteiger partial charge in [-0.15, -0.1) is 0 Å². The van der Waals surface area contributed by atoms with E-state index in [1.807, 2.05) is 13.1 Å². The van der Waals surface area contributed by atoms with E-state index in [1.54, 1.807) is 0 Å². The molecule has 0 aromatic carbocycles. The van der Waals surface area contributed by atoms with Crippen molar-refractivity contribution >= 4 is 23.4 Å². The van der Waals surface area contributed by atoms with E-state index in [4.69, 9.17) is 12.2 Å². The van der Waals surface area contributed by atoms with Crippen LogP contribution in [0.4, 0.5) is 0 Å². The number of rotatable bonds is 2. The Morgan fingerprint density at radius 3 is 2.53 bits per heavy atom. The Morgan fingerprint density at radius 1 is 1.32 bits per heavy atom. The van der Waals surface area contributed by atoms with Crippen LogP contribution in [-0.4, -0.2) is 14.5 Å². The lowest BCUT2D eigenvalue weighted by Gasteiger charge is -2.05. The van der Waals surface area contributed by atoms with E-state index in [1.165, 1.54) is 0 Å². The van der Waals surface area contributed by atoms with Gasteiger partial charge in [0, 0.05) is 12.7 Å². The van der Waals surface area contributed by atoms with Crippen LogP contribution in [0.15, 0.2) is 12.3 Å². The van der Waals surface area contributed by atoms with Crippen LogP contribution in [0.3, 0.4) is 0 Å². The second kappa shape index (κ2) is 3.69. The first kappa shape index (κ1) is 12.9. The number of H-pyrrole nitrogens is 1. The normalized spacial score (nSPS) is 20.9. The topological polar surface area (TPSA) is 33.6 Å². The third kappa shape index (κ3) is 1.69. The molecular formula is C15H21N3S. The maximum absolute atomic E-state index is 5.46. The molecule has 0 amide bonds. The highest BCUT2D eigenvalue weighted by molar-refractivity contribution is 7.71. The number of aromatic nitrogens is 3. The van der Waals surface area contributed by atoms with Gasteiger partial charge < -0.3 is 9.55 Å². The highest BCUT2D eigenvalue weighted by atomic mass is 32.1. The number of hydrogen-bond acceptors (Lipinski definition) is 2. The van der Waals surface area contributed by atoms with Crippen molar-refractivity contribution in [3.8, 4) is 0 Å². The van der Waals surface area contributed by atoms with Gasteiger partial charge in [0.05, 0.1) is 5.52 Å². The smallest absolute Gasteiger partial charge is 0.179 e. The molecule has 102 valence electrons. The summed E-state index contributed by atoms with van der Waals surface area (Å²) in [7, 11) is 0. The zero-order chi connectivity index (χ0) is 14.0. The summed E-state index contributed by atoms with van der Waals surface area (Å²) in [5.41, 5.74) is 3.92. The van der Waals surface area contributed by atoms with Crippen molar-refractivity contribution in [2.75, 3.05) is 0 Å². The van der Waals surface area contributed by atoms with Crippen molar-refractivity contribution in [3.05, 3.63) is 22.6 Å². The van der Waals surface area contributed by atoms with E-state index in [-0.39, 0.29) is 0 Å². The molecule has 1 fully saturated rings. The summed E-state index contributed by atoms with van der Waals surface area (Å²) in [5.74, 6) is 0.647. The molecule has 0 aliphatic heterocycles. The molecule has 2 aromatic rings. The molecule has 1 aliphatic carbocycles. The number of imidazole rings is 1. The van der Waals surface area contributed by atoms with Crippen LogP contribution in [0.5, 0.6) is 0 Å². The number of pyridine rings is 1. The predicted molar refractivity (Wildman–Crippen MR) is 80.7 cm³/mol. The van der Waals surface area contributed by atoms with Crippen LogP contribution < -0.4 is 0 Å². The minimum atomic E-state index is 0.371. The van der Waals surface area contributed by atoms with Gasteiger partial charge in [-0.2, -0.15) is 0 Å². The third-order valence-electron chi connectivity index (χ3n) is 5.43. The zero-order valence-electron chi connectivity index (χ0n) is 12.2. The number of nitrogens with one attached hydrogen (secondary N) is 1. The van der Waals surface area contributed by atoms with Gasteiger partial charge in [0.25, 0.3) is 0 Å². The predicted octanol–water partition coefficient (Wildman–Crippen LogP) is 4.08. The number of aryl methyl sites for hydroxylation is 1. The molecule has 0 saturated heterocycles. The second-order valence-electron chi connectivity index (χ2n) is 6.92. The molecule has 0 bridgehead atoms. The van der Waals surface area contributed by atoms with E-state index in [0.29, 0.717) is 16.7 Å².